The van der Waals surface area contributed by atoms with E-state index in [0.29, 0.717) is 11.5 Å². The Morgan fingerprint density at radius 1 is 1.42 bits per heavy atom. The van der Waals surface area contributed by atoms with E-state index in [2.05, 4.69) is 4.90 Å². The number of phenolic OH excluding ortho intramolecular Hbond substituents is 1. The predicted octanol–water partition coefficient (Wildman–Crippen LogP) is 2.09. The molecular formula is C15H20N2O2. The van der Waals surface area contributed by atoms with Crippen molar-refractivity contribution in [1.82, 2.24) is 4.90 Å². The highest BCUT2D eigenvalue weighted by Gasteiger charge is 2.23. The van der Waals surface area contributed by atoms with E-state index in [1.54, 1.807) is 13.2 Å². The van der Waals surface area contributed by atoms with Crippen LogP contribution in [0.25, 0.3) is 0 Å². The van der Waals surface area contributed by atoms with Gasteiger partial charge in [-0.1, -0.05) is 12.1 Å². The number of benzene rings is 1. The Kier molecular flexibility index (Phi) is 4.78. The average molecular weight is 260 g/mol. The lowest BCUT2D eigenvalue weighted by molar-refractivity contribution is 0.130. The molecule has 0 unspecified atom stereocenters. The summed E-state index contributed by atoms with van der Waals surface area (Å²) in [5.41, 5.74) is 1.30. The van der Waals surface area contributed by atoms with E-state index in [1.165, 1.54) is 0 Å². The number of methoxy groups -OCH3 is 1. The van der Waals surface area contributed by atoms with Crippen LogP contribution in [0.3, 0.4) is 0 Å². The molecule has 0 bridgehead atoms. The van der Waals surface area contributed by atoms with Crippen LogP contribution in [0.15, 0.2) is 18.2 Å². The maximum atomic E-state index is 10.1. The van der Waals surface area contributed by atoms with Crippen LogP contribution in [0.5, 0.6) is 5.75 Å². The van der Waals surface area contributed by atoms with Gasteiger partial charge in [0.05, 0.1) is 12.2 Å². The van der Waals surface area contributed by atoms with Crippen molar-refractivity contribution in [3.63, 3.8) is 0 Å². The molecule has 1 aromatic rings. The number of nitriles is 1. The van der Waals surface area contributed by atoms with Gasteiger partial charge in [-0.15, -0.1) is 0 Å². The summed E-state index contributed by atoms with van der Waals surface area (Å²) in [6, 6.07) is 7.48. The molecule has 4 nitrogen and oxygen atoms in total. The van der Waals surface area contributed by atoms with E-state index in [4.69, 9.17) is 10.00 Å². The van der Waals surface area contributed by atoms with Gasteiger partial charge < -0.3 is 14.7 Å². The van der Waals surface area contributed by atoms with Gasteiger partial charge in [-0.2, -0.15) is 5.26 Å². The Morgan fingerprint density at radius 3 is 2.79 bits per heavy atom. The average Bonchev–Trinajstić information content (AvgIpc) is 2.46. The van der Waals surface area contributed by atoms with Crippen LogP contribution in [0.2, 0.25) is 0 Å². The van der Waals surface area contributed by atoms with Crippen molar-refractivity contribution in [1.29, 1.82) is 5.26 Å². The zero-order valence-electron chi connectivity index (χ0n) is 11.3. The van der Waals surface area contributed by atoms with Crippen molar-refractivity contribution in [3.05, 3.63) is 29.3 Å². The summed E-state index contributed by atoms with van der Waals surface area (Å²) in [5, 5.41) is 19.0. The Balaban J connectivity index is 2.00. The molecule has 1 aromatic carbocycles. The summed E-state index contributed by atoms with van der Waals surface area (Å²) in [6.07, 6.45) is 2.04. The number of para-hydroxylation sites is 1. The van der Waals surface area contributed by atoms with Crippen molar-refractivity contribution in [2.45, 2.75) is 18.8 Å². The van der Waals surface area contributed by atoms with Crippen LogP contribution in [0.1, 0.15) is 29.9 Å². The van der Waals surface area contributed by atoms with E-state index in [9.17, 15) is 5.11 Å². The molecule has 1 N–H and O–H groups in total. The van der Waals surface area contributed by atoms with Gasteiger partial charge in [0.25, 0.3) is 0 Å². The van der Waals surface area contributed by atoms with E-state index in [1.807, 2.05) is 18.2 Å². The molecular weight excluding hydrogens is 240 g/mol. The third-order valence-electron chi connectivity index (χ3n) is 3.83. The number of rotatable bonds is 4. The number of hydrogen-bond acceptors (Lipinski definition) is 4. The second kappa shape index (κ2) is 6.55. The number of likely N-dealkylation sites (tertiary alicyclic amines) is 1. The van der Waals surface area contributed by atoms with E-state index >= 15 is 0 Å². The fourth-order valence-electron chi connectivity index (χ4n) is 2.67. The van der Waals surface area contributed by atoms with Crippen LogP contribution in [0, 0.1) is 11.3 Å². The summed E-state index contributed by atoms with van der Waals surface area (Å²) in [6.45, 7) is 3.77. The molecule has 1 heterocycles. The van der Waals surface area contributed by atoms with Crippen molar-refractivity contribution < 1.29 is 9.84 Å². The number of aromatic hydroxyl groups is 1. The van der Waals surface area contributed by atoms with Gasteiger partial charge >= 0.3 is 0 Å². The molecule has 2 rings (SSSR count). The maximum absolute atomic E-state index is 10.1. The minimum absolute atomic E-state index is 0.167. The number of hydrogen-bond donors (Lipinski definition) is 1. The van der Waals surface area contributed by atoms with Gasteiger partial charge in [0.15, 0.2) is 0 Å². The second-order valence-corrected chi connectivity index (χ2v) is 4.96. The summed E-state index contributed by atoms with van der Waals surface area (Å²) in [4.78, 5) is 2.38. The topological polar surface area (TPSA) is 56.5 Å². The SMILES string of the molecule is COCCN1CCC(c2cccc(C#N)c2O)CC1. The molecule has 1 aliphatic rings. The highest BCUT2D eigenvalue weighted by molar-refractivity contribution is 5.48. The fraction of sp³-hybridized carbons (Fsp3) is 0.533. The molecule has 0 amide bonds. The van der Waals surface area contributed by atoms with Gasteiger partial charge in [-0.3, -0.25) is 0 Å². The maximum Gasteiger partial charge on any atom is 0.136 e. The standard InChI is InChI=1S/C15H20N2O2/c1-19-10-9-17-7-5-12(6-8-17)14-4-2-3-13(11-16)15(14)18/h2-4,12,18H,5-10H2,1H3. The molecule has 1 fully saturated rings. The van der Waals surface area contributed by atoms with Gasteiger partial charge in [0, 0.05) is 13.7 Å². The van der Waals surface area contributed by atoms with Gasteiger partial charge in [0.1, 0.15) is 11.8 Å². The van der Waals surface area contributed by atoms with Crippen LogP contribution in [-0.2, 0) is 4.74 Å². The first-order chi connectivity index (χ1) is 9.26. The number of phenols is 1. The van der Waals surface area contributed by atoms with Crippen LogP contribution in [0.4, 0.5) is 0 Å². The Hall–Kier alpha value is -1.57. The lowest BCUT2D eigenvalue weighted by Crippen LogP contribution is -2.35. The molecule has 4 heteroatoms. The summed E-state index contributed by atoms with van der Waals surface area (Å²) in [5.74, 6) is 0.521. The van der Waals surface area contributed by atoms with Gasteiger partial charge in [0.2, 0.25) is 0 Å². The monoisotopic (exact) mass is 260 g/mol. The highest BCUT2D eigenvalue weighted by atomic mass is 16.5. The number of nitrogens with zero attached hydrogens (tertiary/aromatic N) is 2. The fourth-order valence-corrected chi connectivity index (χ4v) is 2.67. The minimum Gasteiger partial charge on any atom is -0.506 e. The lowest BCUT2D eigenvalue weighted by atomic mass is 9.88. The second-order valence-electron chi connectivity index (χ2n) is 4.96. The van der Waals surface area contributed by atoms with Crippen molar-refractivity contribution >= 4 is 0 Å². The number of piperidine rings is 1. The molecule has 0 radical (unpaired) electrons. The highest BCUT2D eigenvalue weighted by Crippen LogP contribution is 2.35. The normalized spacial score (nSPS) is 17.3. The molecule has 0 aromatic heterocycles. The minimum atomic E-state index is 0.167. The smallest absolute Gasteiger partial charge is 0.136 e. The Labute approximate surface area is 114 Å². The van der Waals surface area contributed by atoms with E-state index in [-0.39, 0.29) is 5.75 Å². The molecule has 19 heavy (non-hydrogen) atoms. The van der Waals surface area contributed by atoms with E-state index < -0.39 is 0 Å². The van der Waals surface area contributed by atoms with Crippen molar-refractivity contribution in [2.24, 2.45) is 0 Å². The molecule has 1 saturated heterocycles. The van der Waals surface area contributed by atoms with E-state index in [0.717, 1.165) is 44.6 Å². The van der Waals surface area contributed by atoms with Gasteiger partial charge in [-0.05, 0) is 43.5 Å². The lowest BCUT2D eigenvalue weighted by Gasteiger charge is -2.32. The summed E-state index contributed by atoms with van der Waals surface area (Å²) >= 11 is 0. The van der Waals surface area contributed by atoms with Crippen molar-refractivity contribution in [3.8, 4) is 11.8 Å². The largest absolute Gasteiger partial charge is 0.506 e. The molecule has 0 atom stereocenters. The number of ether oxygens (including phenoxy) is 1. The molecule has 102 valence electrons. The van der Waals surface area contributed by atoms with Crippen LogP contribution in [-0.4, -0.2) is 43.4 Å². The zero-order chi connectivity index (χ0) is 13.7. The summed E-state index contributed by atoms with van der Waals surface area (Å²) < 4.78 is 5.09. The van der Waals surface area contributed by atoms with Gasteiger partial charge in [-0.25, -0.2) is 0 Å². The molecule has 1 aliphatic heterocycles. The zero-order valence-corrected chi connectivity index (χ0v) is 11.3. The first-order valence-electron chi connectivity index (χ1n) is 6.69. The first-order valence-corrected chi connectivity index (χ1v) is 6.69. The predicted molar refractivity (Wildman–Crippen MR) is 73.1 cm³/mol. The Bertz CT molecular complexity index is 460. The molecule has 0 saturated carbocycles. The van der Waals surface area contributed by atoms with Crippen LogP contribution >= 0.6 is 0 Å². The first kappa shape index (κ1) is 13.9. The summed E-state index contributed by atoms with van der Waals surface area (Å²) in [7, 11) is 1.72. The molecule has 0 aliphatic carbocycles. The molecule has 0 spiro atoms. The van der Waals surface area contributed by atoms with Crippen molar-refractivity contribution in [2.75, 3.05) is 33.4 Å². The quantitative estimate of drug-likeness (QED) is 0.900. The Morgan fingerprint density at radius 2 is 2.16 bits per heavy atom. The van der Waals surface area contributed by atoms with Crippen LogP contribution < -0.4 is 0 Å². The third-order valence-corrected chi connectivity index (χ3v) is 3.83. The third kappa shape index (κ3) is 3.25.